The molecule has 154 valence electrons. The average molecular weight is 400 g/mol. The minimum Gasteiger partial charge on any atom is -0.359 e. The highest BCUT2D eigenvalue weighted by Crippen LogP contribution is 2.35. The molecule has 1 aliphatic heterocycles. The molecule has 1 aliphatic rings. The van der Waals surface area contributed by atoms with Crippen LogP contribution in [0.2, 0.25) is 0 Å². The van der Waals surface area contributed by atoms with Gasteiger partial charge in [-0.05, 0) is 60.2 Å². The summed E-state index contributed by atoms with van der Waals surface area (Å²) in [4.78, 5) is 19.6. The van der Waals surface area contributed by atoms with Crippen molar-refractivity contribution >= 4 is 5.91 Å². The molecule has 0 saturated carbocycles. The third-order valence-corrected chi connectivity index (χ3v) is 6.12. The molecule has 1 unspecified atom stereocenters. The van der Waals surface area contributed by atoms with Crippen molar-refractivity contribution in [3.05, 3.63) is 90.3 Å². The van der Waals surface area contributed by atoms with Gasteiger partial charge in [0, 0.05) is 32.5 Å². The quantitative estimate of drug-likeness (QED) is 0.671. The summed E-state index contributed by atoms with van der Waals surface area (Å²) in [5.41, 5.74) is 4.48. The van der Waals surface area contributed by atoms with E-state index >= 15 is 0 Å². The van der Waals surface area contributed by atoms with Crippen molar-refractivity contribution < 1.29 is 4.79 Å². The summed E-state index contributed by atoms with van der Waals surface area (Å²) in [6, 6.07) is 23.2. The molecule has 1 aromatic heterocycles. The number of hydrogen-bond acceptors (Lipinski definition) is 3. The van der Waals surface area contributed by atoms with Gasteiger partial charge in [-0.25, -0.2) is 0 Å². The molecule has 2 heterocycles. The molecule has 1 amide bonds. The van der Waals surface area contributed by atoms with Crippen LogP contribution in [0.5, 0.6) is 0 Å². The van der Waals surface area contributed by atoms with Gasteiger partial charge in [-0.1, -0.05) is 54.6 Å². The third-order valence-electron chi connectivity index (χ3n) is 6.12. The highest BCUT2D eigenvalue weighted by atomic mass is 16.2. The Kier molecular flexibility index (Phi) is 6.24. The monoisotopic (exact) mass is 399 g/mol. The van der Waals surface area contributed by atoms with E-state index in [9.17, 15) is 4.79 Å². The molecule has 4 rings (SSSR count). The third kappa shape index (κ3) is 4.60. The number of carbonyl (C=O) groups excluding carboxylic acids is 1. The number of rotatable bonds is 6. The highest BCUT2D eigenvalue weighted by Gasteiger charge is 2.41. The molecule has 4 nitrogen and oxygen atoms in total. The van der Waals surface area contributed by atoms with Gasteiger partial charge in [-0.3, -0.25) is 14.7 Å². The summed E-state index contributed by atoms with van der Waals surface area (Å²) >= 11 is 0. The maximum Gasteiger partial charge on any atom is 0.227 e. The average Bonchev–Trinajstić information content (AvgIpc) is 2.80. The molecular weight excluding hydrogens is 370 g/mol. The number of carbonyl (C=O) groups is 1. The number of likely N-dealkylation sites (tertiary alicyclic amines) is 1. The van der Waals surface area contributed by atoms with Gasteiger partial charge < -0.3 is 5.32 Å². The summed E-state index contributed by atoms with van der Waals surface area (Å²) in [5, 5.41) is 2.94. The molecule has 1 saturated heterocycles. The van der Waals surface area contributed by atoms with Crippen LogP contribution in [-0.4, -0.2) is 35.9 Å². The molecule has 1 fully saturated rings. The number of hydrogen-bond donors (Lipinski definition) is 1. The van der Waals surface area contributed by atoms with Crippen LogP contribution < -0.4 is 5.32 Å². The Bertz CT molecular complexity index is 957. The summed E-state index contributed by atoms with van der Waals surface area (Å²) in [6.07, 6.45) is 6.37. The molecule has 1 atom stereocenters. The molecule has 0 spiro atoms. The Hall–Kier alpha value is -2.98. The van der Waals surface area contributed by atoms with Crippen LogP contribution in [0.3, 0.4) is 0 Å². The second kappa shape index (κ2) is 9.23. The SMILES string of the molecule is CNC(=O)C1(Cc2ccc(-c3ccccc3)cc2)CCCN(Cc2ccncc2)C1. The minimum atomic E-state index is -0.395. The van der Waals surface area contributed by atoms with Crippen LogP contribution in [0, 0.1) is 5.41 Å². The second-order valence-corrected chi connectivity index (χ2v) is 8.27. The smallest absolute Gasteiger partial charge is 0.227 e. The number of benzene rings is 2. The van der Waals surface area contributed by atoms with Gasteiger partial charge in [-0.15, -0.1) is 0 Å². The van der Waals surface area contributed by atoms with E-state index in [1.165, 1.54) is 22.3 Å². The fourth-order valence-electron chi connectivity index (χ4n) is 4.62. The van der Waals surface area contributed by atoms with E-state index < -0.39 is 5.41 Å². The van der Waals surface area contributed by atoms with Gasteiger partial charge >= 0.3 is 0 Å². The Morgan fingerprint density at radius 1 is 0.967 bits per heavy atom. The summed E-state index contributed by atoms with van der Waals surface area (Å²) in [5.74, 6) is 0.147. The number of nitrogens with zero attached hydrogens (tertiary/aromatic N) is 2. The molecule has 2 aromatic carbocycles. The first-order valence-corrected chi connectivity index (χ1v) is 10.7. The lowest BCUT2D eigenvalue weighted by Gasteiger charge is -2.41. The van der Waals surface area contributed by atoms with Crippen molar-refractivity contribution in [2.45, 2.75) is 25.8 Å². The molecule has 30 heavy (non-hydrogen) atoms. The van der Waals surface area contributed by atoms with Gasteiger partial charge in [-0.2, -0.15) is 0 Å². The molecule has 1 N–H and O–H groups in total. The van der Waals surface area contributed by atoms with Gasteiger partial charge in [0.1, 0.15) is 0 Å². The van der Waals surface area contributed by atoms with E-state index in [0.717, 1.165) is 38.9 Å². The lowest BCUT2D eigenvalue weighted by Crippen LogP contribution is -2.52. The van der Waals surface area contributed by atoms with Gasteiger partial charge in [0.05, 0.1) is 5.41 Å². The molecule has 0 bridgehead atoms. The summed E-state index contributed by atoms with van der Waals surface area (Å²) < 4.78 is 0. The molecule has 4 heteroatoms. The van der Waals surface area contributed by atoms with Crippen LogP contribution in [0.4, 0.5) is 0 Å². The Balaban J connectivity index is 1.52. The lowest BCUT2D eigenvalue weighted by molar-refractivity contribution is -0.134. The van der Waals surface area contributed by atoms with E-state index in [2.05, 4.69) is 75.9 Å². The molecular formula is C26H29N3O. The molecule has 0 radical (unpaired) electrons. The van der Waals surface area contributed by atoms with Crippen molar-refractivity contribution in [3.8, 4) is 11.1 Å². The first-order chi connectivity index (χ1) is 14.7. The van der Waals surface area contributed by atoms with Crippen molar-refractivity contribution in [2.75, 3.05) is 20.1 Å². The summed E-state index contributed by atoms with van der Waals surface area (Å²) in [6.45, 7) is 2.65. The normalized spacial score (nSPS) is 19.4. The van der Waals surface area contributed by atoms with E-state index in [0.29, 0.717) is 0 Å². The zero-order valence-corrected chi connectivity index (χ0v) is 17.6. The fraction of sp³-hybridized carbons (Fsp3) is 0.308. The van der Waals surface area contributed by atoms with Crippen LogP contribution >= 0.6 is 0 Å². The largest absolute Gasteiger partial charge is 0.359 e. The first kappa shape index (κ1) is 20.3. The van der Waals surface area contributed by atoms with Crippen LogP contribution in [-0.2, 0) is 17.8 Å². The lowest BCUT2D eigenvalue weighted by atomic mass is 9.74. The van der Waals surface area contributed by atoms with Gasteiger partial charge in [0.15, 0.2) is 0 Å². The van der Waals surface area contributed by atoms with Crippen LogP contribution in [0.25, 0.3) is 11.1 Å². The van der Waals surface area contributed by atoms with E-state index in [4.69, 9.17) is 0 Å². The van der Waals surface area contributed by atoms with Crippen molar-refractivity contribution in [1.29, 1.82) is 0 Å². The predicted octanol–water partition coefficient (Wildman–Crippen LogP) is 4.32. The molecule has 0 aliphatic carbocycles. The number of amides is 1. The van der Waals surface area contributed by atoms with Gasteiger partial charge in [0.2, 0.25) is 5.91 Å². The Morgan fingerprint density at radius 3 is 2.37 bits per heavy atom. The molecule has 3 aromatic rings. The van der Waals surface area contributed by atoms with E-state index in [1.54, 1.807) is 7.05 Å². The Labute approximate surface area is 179 Å². The maximum absolute atomic E-state index is 13.0. The second-order valence-electron chi connectivity index (χ2n) is 8.27. The number of piperidine rings is 1. The zero-order valence-electron chi connectivity index (χ0n) is 17.6. The van der Waals surface area contributed by atoms with Gasteiger partial charge in [0.25, 0.3) is 0 Å². The fourth-order valence-corrected chi connectivity index (χ4v) is 4.62. The van der Waals surface area contributed by atoms with Crippen LogP contribution in [0.1, 0.15) is 24.0 Å². The first-order valence-electron chi connectivity index (χ1n) is 10.7. The standard InChI is InChI=1S/C26H29N3O/c1-27-25(30)26(14-5-17-29(20-26)19-22-12-15-28-16-13-22)18-21-8-10-24(11-9-21)23-6-3-2-4-7-23/h2-4,6-13,15-16H,5,14,17-20H2,1H3,(H,27,30). The van der Waals surface area contributed by atoms with E-state index in [1.807, 2.05) is 18.5 Å². The zero-order chi connectivity index (χ0) is 20.8. The van der Waals surface area contributed by atoms with Crippen molar-refractivity contribution in [2.24, 2.45) is 5.41 Å². The summed E-state index contributed by atoms with van der Waals surface area (Å²) in [7, 11) is 1.75. The topological polar surface area (TPSA) is 45.2 Å². The number of aromatic nitrogens is 1. The maximum atomic E-state index is 13.0. The highest BCUT2D eigenvalue weighted by molar-refractivity contribution is 5.83. The van der Waals surface area contributed by atoms with Crippen LogP contribution in [0.15, 0.2) is 79.1 Å². The number of nitrogens with one attached hydrogen (secondary N) is 1. The Morgan fingerprint density at radius 2 is 1.67 bits per heavy atom. The minimum absolute atomic E-state index is 0.147. The predicted molar refractivity (Wildman–Crippen MR) is 121 cm³/mol. The number of pyridine rings is 1. The van der Waals surface area contributed by atoms with Crippen molar-refractivity contribution in [3.63, 3.8) is 0 Å². The van der Waals surface area contributed by atoms with Crippen molar-refractivity contribution in [1.82, 2.24) is 15.2 Å². The van der Waals surface area contributed by atoms with E-state index in [-0.39, 0.29) is 5.91 Å².